The first-order valence-electron chi connectivity index (χ1n) is 3.94. The minimum absolute atomic E-state index is 0.481. The molecule has 4 heteroatoms. The predicted molar refractivity (Wildman–Crippen MR) is 59.0 cm³/mol. The van der Waals surface area contributed by atoms with Crippen molar-refractivity contribution in [3.05, 3.63) is 42.4 Å². The molecule has 2 aromatic rings. The molecule has 0 aliphatic rings. The van der Waals surface area contributed by atoms with Gasteiger partial charge in [-0.2, -0.15) is 0 Å². The quantitative estimate of drug-likeness (QED) is 0.725. The Hall–Kier alpha value is -1.68. The van der Waals surface area contributed by atoms with Gasteiger partial charge in [-0.3, -0.25) is 4.79 Å². The van der Waals surface area contributed by atoms with Gasteiger partial charge in [0.05, 0.1) is 15.7 Å². The Morgan fingerprint density at radius 1 is 1.50 bits per heavy atom. The summed E-state index contributed by atoms with van der Waals surface area (Å²) >= 11 is 1.68. The minimum Gasteiger partial charge on any atom is -0.366 e. The molecule has 0 spiro atoms. The molecule has 2 rings (SSSR count). The van der Waals surface area contributed by atoms with Crippen molar-refractivity contribution in [1.82, 2.24) is 4.98 Å². The number of rotatable bonds is 1. The van der Waals surface area contributed by atoms with Crippen molar-refractivity contribution in [2.75, 3.05) is 0 Å². The van der Waals surface area contributed by atoms with E-state index in [-0.39, 0.29) is 0 Å². The Balaban J connectivity index is 0.000000171. The van der Waals surface area contributed by atoms with Crippen LogP contribution in [0.3, 0.4) is 0 Å². The van der Waals surface area contributed by atoms with Crippen molar-refractivity contribution in [3.8, 4) is 0 Å². The summed E-state index contributed by atoms with van der Waals surface area (Å²) in [6.07, 6.45) is 1.06. The molecule has 0 fully saturated rings. The number of amides is 1. The van der Waals surface area contributed by atoms with E-state index in [1.807, 2.05) is 23.7 Å². The standard InChI is InChI=1S/C7H5NS.C3H5NO/c1-2-4-7-6(3-1)8-5-9-7;1-2-3(4)5/h1-5H;2H,1H2,(H2,4,5). The first kappa shape index (κ1) is 10.4. The Morgan fingerprint density at radius 2 is 2.14 bits per heavy atom. The molecule has 1 aromatic heterocycles. The number of fused-ring (bicyclic) bond motifs is 1. The number of thiazole rings is 1. The largest absolute Gasteiger partial charge is 0.366 e. The molecule has 0 bridgehead atoms. The van der Waals surface area contributed by atoms with Gasteiger partial charge in [0.2, 0.25) is 5.91 Å². The highest BCUT2D eigenvalue weighted by Crippen LogP contribution is 2.15. The molecule has 3 nitrogen and oxygen atoms in total. The van der Waals surface area contributed by atoms with E-state index in [4.69, 9.17) is 0 Å². The Kier molecular flexibility index (Phi) is 3.82. The summed E-state index contributed by atoms with van der Waals surface area (Å²) in [5.41, 5.74) is 7.50. The number of carbonyl (C=O) groups is 1. The van der Waals surface area contributed by atoms with Crippen LogP contribution >= 0.6 is 11.3 Å². The maximum atomic E-state index is 9.47. The number of carbonyl (C=O) groups excluding carboxylic acids is 1. The summed E-state index contributed by atoms with van der Waals surface area (Å²) in [5.74, 6) is -0.481. The van der Waals surface area contributed by atoms with E-state index in [1.54, 1.807) is 11.3 Å². The second-order valence-corrected chi connectivity index (χ2v) is 3.31. The fraction of sp³-hybridized carbons (Fsp3) is 0. The van der Waals surface area contributed by atoms with Gasteiger partial charge in [-0.15, -0.1) is 11.3 Å². The maximum Gasteiger partial charge on any atom is 0.240 e. The second kappa shape index (κ2) is 5.14. The third-order valence-corrected chi connectivity index (χ3v) is 2.25. The highest BCUT2D eigenvalue weighted by atomic mass is 32.1. The molecule has 0 unspecified atom stereocenters. The number of primary amides is 1. The number of hydrogen-bond donors (Lipinski definition) is 1. The van der Waals surface area contributed by atoms with Gasteiger partial charge in [0.1, 0.15) is 0 Å². The lowest BCUT2D eigenvalue weighted by molar-refractivity contribution is -0.113. The SMILES string of the molecule is C=CC(N)=O.c1ccc2scnc2c1. The molecule has 1 amide bonds. The number of nitrogens with zero attached hydrogens (tertiary/aromatic N) is 1. The van der Waals surface area contributed by atoms with Crippen LogP contribution < -0.4 is 5.73 Å². The Bertz CT molecular complexity index is 406. The lowest BCUT2D eigenvalue weighted by Gasteiger charge is -1.80. The van der Waals surface area contributed by atoms with E-state index in [0.29, 0.717) is 0 Å². The third-order valence-electron chi connectivity index (χ3n) is 1.44. The molecule has 0 saturated carbocycles. The topological polar surface area (TPSA) is 56.0 Å². The summed E-state index contributed by atoms with van der Waals surface area (Å²) < 4.78 is 1.26. The molecule has 1 heterocycles. The van der Waals surface area contributed by atoms with Crippen LogP contribution in [0.1, 0.15) is 0 Å². The number of aromatic nitrogens is 1. The van der Waals surface area contributed by atoms with Crippen LogP contribution in [0.4, 0.5) is 0 Å². The van der Waals surface area contributed by atoms with E-state index in [1.165, 1.54) is 4.70 Å². The molecule has 72 valence electrons. The van der Waals surface area contributed by atoms with E-state index >= 15 is 0 Å². The van der Waals surface area contributed by atoms with Crippen LogP contribution in [0.15, 0.2) is 42.4 Å². The van der Waals surface area contributed by atoms with Gasteiger partial charge in [0.15, 0.2) is 0 Å². The summed E-state index contributed by atoms with van der Waals surface area (Å²) in [6, 6.07) is 8.13. The van der Waals surface area contributed by atoms with E-state index in [0.717, 1.165) is 11.6 Å². The van der Waals surface area contributed by atoms with Crippen molar-refractivity contribution in [1.29, 1.82) is 0 Å². The molecule has 2 N–H and O–H groups in total. The summed E-state index contributed by atoms with van der Waals surface area (Å²) in [7, 11) is 0. The lowest BCUT2D eigenvalue weighted by atomic mass is 10.3. The number of benzene rings is 1. The molecule has 0 aliphatic heterocycles. The summed E-state index contributed by atoms with van der Waals surface area (Å²) in [5, 5.41) is 0. The average molecular weight is 206 g/mol. The van der Waals surface area contributed by atoms with Gasteiger partial charge in [0.25, 0.3) is 0 Å². The van der Waals surface area contributed by atoms with Crippen LogP contribution in [-0.2, 0) is 4.79 Å². The molecule has 0 radical (unpaired) electrons. The van der Waals surface area contributed by atoms with Gasteiger partial charge in [-0.25, -0.2) is 4.98 Å². The smallest absolute Gasteiger partial charge is 0.240 e. The van der Waals surface area contributed by atoms with Crippen molar-refractivity contribution in [3.63, 3.8) is 0 Å². The third kappa shape index (κ3) is 2.99. The van der Waals surface area contributed by atoms with Gasteiger partial charge in [0, 0.05) is 0 Å². The van der Waals surface area contributed by atoms with Gasteiger partial charge in [-0.1, -0.05) is 18.7 Å². The summed E-state index contributed by atoms with van der Waals surface area (Å²) in [6.45, 7) is 3.09. The van der Waals surface area contributed by atoms with Crippen LogP contribution in [-0.4, -0.2) is 10.9 Å². The number of hydrogen-bond acceptors (Lipinski definition) is 3. The first-order valence-corrected chi connectivity index (χ1v) is 4.82. The molecule has 0 aliphatic carbocycles. The highest BCUT2D eigenvalue weighted by Gasteiger charge is 1.89. The highest BCUT2D eigenvalue weighted by molar-refractivity contribution is 7.16. The van der Waals surface area contributed by atoms with Crippen molar-refractivity contribution >= 4 is 27.5 Å². The van der Waals surface area contributed by atoms with Crippen LogP contribution in [0, 0.1) is 0 Å². The fourth-order valence-electron chi connectivity index (χ4n) is 0.803. The van der Waals surface area contributed by atoms with Crippen LogP contribution in [0.2, 0.25) is 0 Å². The van der Waals surface area contributed by atoms with Gasteiger partial charge in [-0.05, 0) is 18.2 Å². The zero-order valence-corrected chi connectivity index (χ0v) is 8.33. The van der Waals surface area contributed by atoms with Crippen molar-refractivity contribution in [2.45, 2.75) is 0 Å². The van der Waals surface area contributed by atoms with E-state index in [9.17, 15) is 4.79 Å². The molecular weight excluding hydrogens is 196 g/mol. The number of para-hydroxylation sites is 1. The fourth-order valence-corrected chi connectivity index (χ4v) is 1.48. The van der Waals surface area contributed by atoms with E-state index in [2.05, 4.69) is 23.4 Å². The zero-order chi connectivity index (χ0) is 10.4. The minimum atomic E-state index is -0.481. The van der Waals surface area contributed by atoms with Crippen molar-refractivity contribution in [2.24, 2.45) is 5.73 Å². The normalized spacial score (nSPS) is 8.86. The van der Waals surface area contributed by atoms with E-state index < -0.39 is 5.91 Å². The van der Waals surface area contributed by atoms with Gasteiger partial charge >= 0.3 is 0 Å². The second-order valence-electron chi connectivity index (χ2n) is 2.43. The zero-order valence-electron chi connectivity index (χ0n) is 7.51. The predicted octanol–water partition coefficient (Wildman–Crippen LogP) is 1.95. The Labute approximate surface area is 85.9 Å². The molecule has 0 atom stereocenters. The van der Waals surface area contributed by atoms with Crippen LogP contribution in [0.25, 0.3) is 10.2 Å². The maximum absolute atomic E-state index is 9.47. The molecule has 1 aromatic carbocycles. The Morgan fingerprint density at radius 3 is 2.71 bits per heavy atom. The van der Waals surface area contributed by atoms with Crippen molar-refractivity contribution < 1.29 is 4.79 Å². The monoisotopic (exact) mass is 206 g/mol. The summed E-state index contributed by atoms with van der Waals surface area (Å²) in [4.78, 5) is 13.6. The number of nitrogens with two attached hydrogens (primary N) is 1. The molecule has 0 saturated heterocycles. The molecular formula is C10H10N2OS. The van der Waals surface area contributed by atoms with Gasteiger partial charge < -0.3 is 5.73 Å². The molecule has 14 heavy (non-hydrogen) atoms. The average Bonchev–Trinajstić information content (AvgIpc) is 2.66. The lowest BCUT2D eigenvalue weighted by Crippen LogP contribution is -2.04. The first-order chi connectivity index (χ1) is 6.74. The van der Waals surface area contributed by atoms with Crippen LogP contribution in [0.5, 0.6) is 0 Å².